The molecule has 3 fully saturated rings. The summed E-state index contributed by atoms with van der Waals surface area (Å²) in [5.74, 6) is 1.48. The van der Waals surface area contributed by atoms with Gasteiger partial charge in [0, 0.05) is 48.9 Å². The van der Waals surface area contributed by atoms with Crippen LogP contribution in [-0.2, 0) is 9.59 Å². The molecule has 2 aromatic rings. The molecule has 6 nitrogen and oxygen atoms in total. The molecule has 1 aliphatic carbocycles. The maximum absolute atomic E-state index is 13.3. The number of anilines is 2. The molecule has 3 aliphatic rings. The molecule has 2 amide bonds. The highest BCUT2D eigenvalue weighted by atomic mass is 32.2. The lowest BCUT2D eigenvalue weighted by Crippen LogP contribution is -2.48. The van der Waals surface area contributed by atoms with Crippen molar-refractivity contribution in [3.63, 3.8) is 0 Å². The van der Waals surface area contributed by atoms with E-state index < -0.39 is 0 Å². The topological polar surface area (TPSA) is 65.5 Å². The Hall–Kier alpha value is -2.54. The Bertz CT molecular complexity index is 989. The van der Waals surface area contributed by atoms with Gasteiger partial charge in [-0.15, -0.1) is 11.8 Å². The van der Waals surface area contributed by atoms with Crippen LogP contribution in [-0.4, -0.2) is 54.1 Å². The molecule has 7 heteroatoms. The van der Waals surface area contributed by atoms with Gasteiger partial charge in [0.1, 0.15) is 5.82 Å². The summed E-state index contributed by atoms with van der Waals surface area (Å²) in [5, 5.41) is 3.09. The van der Waals surface area contributed by atoms with Gasteiger partial charge in [-0.2, -0.15) is 0 Å². The third-order valence-electron chi connectivity index (χ3n) is 7.68. The lowest BCUT2D eigenvalue weighted by Gasteiger charge is -2.38. The van der Waals surface area contributed by atoms with Crippen LogP contribution >= 0.6 is 11.8 Å². The van der Waals surface area contributed by atoms with Gasteiger partial charge in [0.05, 0.1) is 5.92 Å². The highest BCUT2D eigenvalue weighted by Gasteiger charge is 2.58. The molecule has 1 N–H and O–H groups in total. The van der Waals surface area contributed by atoms with Crippen LogP contribution in [0.15, 0.2) is 53.6 Å². The van der Waals surface area contributed by atoms with Crippen LogP contribution in [0.1, 0.15) is 32.1 Å². The Labute approximate surface area is 200 Å². The molecule has 174 valence electrons. The van der Waals surface area contributed by atoms with Crippen molar-refractivity contribution in [3.8, 4) is 0 Å². The van der Waals surface area contributed by atoms with Crippen molar-refractivity contribution in [1.29, 1.82) is 0 Å². The number of pyridine rings is 1. The van der Waals surface area contributed by atoms with Gasteiger partial charge in [-0.1, -0.05) is 6.07 Å². The third kappa shape index (κ3) is 4.74. The first-order valence-corrected chi connectivity index (χ1v) is 13.2. The first-order chi connectivity index (χ1) is 16.1. The zero-order valence-electron chi connectivity index (χ0n) is 19.2. The molecule has 0 radical (unpaired) electrons. The molecule has 33 heavy (non-hydrogen) atoms. The highest BCUT2D eigenvalue weighted by Crippen LogP contribution is 2.59. The van der Waals surface area contributed by atoms with Crippen LogP contribution in [0.4, 0.5) is 11.5 Å². The minimum absolute atomic E-state index is 0.0392. The minimum atomic E-state index is 0.0392. The van der Waals surface area contributed by atoms with E-state index in [9.17, 15) is 9.59 Å². The molecule has 3 heterocycles. The van der Waals surface area contributed by atoms with E-state index in [1.165, 1.54) is 4.90 Å². The van der Waals surface area contributed by atoms with E-state index in [1.54, 1.807) is 11.8 Å². The molecule has 1 aromatic carbocycles. The number of hydrogen-bond acceptors (Lipinski definition) is 5. The molecule has 2 atom stereocenters. The predicted molar refractivity (Wildman–Crippen MR) is 132 cm³/mol. The molecule has 5 rings (SSSR count). The Balaban J connectivity index is 1.13. The molecule has 2 unspecified atom stereocenters. The molecule has 1 spiro atoms. The second-order valence-corrected chi connectivity index (χ2v) is 10.5. The SMILES string of the molecule is CSc1ccc(NC(=O)C2CC23CCN(C(=O)C2CCCN(c4ccccn4)C2)CC3)cc1. The lowest BCUT2D eigenvalue weighted by atomic mass is 9.89. The normalized spacial score (nSPS) is 23.9. The highest BCUT2D eigenvalue weighted by molar-refractivity contribution is 7.98. The van der Waals surface area contributed by atoms with Crippen molar-refractivity contribution in [1.82, 2.24) is 9.88 Å². The van der Waals surface area contributed by atoms with Crippen LogP contribution < -0.4 is 10.2 Å². The first kappa shape index (κ1) is 22.3. The van der Waals surface area contributed by atoms with E-state index in [2.05, 4.69) is 15.2 Å². The van der Waals surface area contributed by atoms with Crippen molar-refractivity contribution >= 4 is 35.1 Å². The summed E-state index contributed by atoms with van der Waals surface area (Å²) in [6, 6.07) is 14.0. The number of thioether (sulfide) groups is 1. The van der Waals surface area contributed by atoms with Gasteiger partial charge in [-0.25, -0.2) is 4.98 Å². The van der Waals surface area contributed by atoms with Crippen molar-refractivity contribution < 1.29 is 9.59 Å². The molecule has 2 saturated heterocycles. The molecule has 1 saturated carbocycles. The van der Waals surface area contributed by atoms with Crippen LogP contribution in [0.2, 0.25) is 0 Å². The van der Waals surface area contributed by atoms with E-state index in [4.69, 9.17) is 0 Å². The fourth-order valence-electron chi connectivity index (χ4n) is 5.53. The second-order valence-electron chi connectivity index (χ2n) is 9.64. The van der Waals surface area contributed by atoms with Crippen LogP contribution in [0, 0.1) is 17.3 Å². The van der Waals surface area contributed by atoms with Crippen molar-refractivity contribution in [2.75, 3.05) is 42.7 Å². The smallest absolute Gasteiger partial charge is 0.228 e. The van der Waals surface area contributed by atoms with E-state index >= 15 is 0 Å². The first-order valence-electron chi connectivity index (χ1n) is 12.0. The number of piperidine rings is 2. The number of nitrogens with one attached hydrogen (secondary N) is 1. The van der Waals surface area contributed by atoms with E-state index in [0.717, 1.165) is 69.8 Å². The number of nitrogens with zero attached hydrogens (tertiary/aromatic N) is 3. The molecular weight excluding hydrogens is 432 g/mol. The fourth-order valence-corrected chi connectivity index (χ4v) is 5.94. The average Bonchev–Trinajstić information content (AvgIpc) is 3.58. The monoisotopic (exact) mass is 464 g/mol. The second kappa shape index (κ2) is 9.37. The summed E-state index contributed by atoms with van der Waals surface area (Å²) in [7, 11) is 0. The van der Waals surface area contributed by atoms with Gasteiger partial charge >= 0.3 is 0 Å². The van der Waals surface area contributed by atoms with Gasteiger partial charge in [-0.3, -0.25) is 9.59 Å². The number of amides is 2. The Kier molecular flexibility index (Phi) is 6.32. The Morgan fingerprint density at radius 1 is 1.09 bits per heavy atom. The van der Waals surface area contributed by atoms with Crippen molar-refractivity contribution in [2.24, 2.45) is 17.3 Å². The number of hydrogen-bond donors (Lipinski definition) is 1. The van der Waals surface area contributed by atoms with Gasteiger partial charge in [-0.05, 0) is 80.2 Å². The number of aromatic nitrogens is 1. The lowest BCUT2D eigenvalue weighted by molar-refractivity contribution is -0.137. The zero-order chi connectivity index (χ0) is 22.8. The average molecular weight is 465 g/mol. The number of rotatable bonds is 5. The van der Waals surface area contributed by atoms with Gasteiger partial charge < -0.3 is 15.1 Å². The largest absolute Gasteiger partial charge is 0.356 e. The summed E-state index contributed by atoms with van der Waals surface area (Å²) >= 11 is 1.69. The van der Waals surface area contributed by atoms with Crippen LogP contribution in [0.3, 0.4) is 0 Å². The van der Waals surface area contributed by atoms with Crippen LogP contribution in [0.25, 0.3) is 0 Å². The van der Waals surface area contributed by atoms with Gasteiger partial charge in [0.15, 0.2) is 0 Å². The van der Waals surface area contributed by atoms with Gasteiger partial charge in [0.25, 0.3) is 0 Å². The van der Waals surface area contributed by atoms with Crippen LogP contribution in [0.5, 0.6) is 0 Å². The Morgan fingerprint density at radius 2 is 1.88 bits per heavy atom. The summed E-state index contributed by atoms with van der Waals surface area (Å²) in [6.45, 7) is 3.24. The standard InChI is InChI=1S/C26H32N4O2S/c1-33-21-9-7-20(8-10-21)28-24(31)22-17-26(22)11-15-29(16-12-26)25(32)19-5-4-14-30(18-19)23-6-2-3-13-27-23/h2-3,6-10,13,19,22H,4-5,11-12,14-18H2,1H3,(H,28,31). The molecular formula is C26H32N4O2S. The van der Waals surface area contributed by atoms with Crippen molar-refractivity contribution in [3.05, 3.63) is 48.7 Å². The summed E-state index contributed by atoms with van der Waals surface area (Å²) in [5.41, 5.74) is 0.953. The third-order valence-corrected chi connectivity index (χ3v) is 8.42. The Morgan fingerprint density at radius 3 is 2.58 bits per heavy atom. The summed E-state index contributed by atoms with van der Waals surface area (Å²) in [4.78, 5) is 36.0. The molecule has 0 bridgehead atoms. The minimum Gasteiger partial charge on any atom is -0.356 e. The maximum Gasteiger partial charge on any atom is 0.228 e. The predicted octanol–water partition coefficient (Wildman–Crippen LogP) is 4.29. The zero-order valence-corrected chi connectivity index (χ0v) is 20.0. The quantitative estimate of drug-likeness (QED) is 0.669. The van der Waals surface area contributed by atoms with E-state index in [-0.39, 0.29) is 29.1 Å². The number of benzene rings is 1. The van der Waals surface area contributed by atoms with Crippen molar-refractivity contribution in [2.45, 2.75) is 37.0 Å². The maximum atomic E-state index is 13.3. The number of likely N-dealkylation sites (tertiary alicyclic amines) is 1. The summed E-state index contributed by atoms with van der Waals surface area (Å²) in [6.07, 6.45) is 8.63. The fraction of sp³-hybridized carbons (Fsp3) is 0.500. The molecule has 2 aliphatic heterocycles. The van der Waals surface area contributed by atoms with E-state index in [1.807, 2.05) is 59.8 Å². The van der Waals surface area contributed by atoms with Gasteiger partial charge in [0.2, 0.25) is 11.8 Å². The summed E-state index contributed by atoms with van der Waals surface area (Å²) < 4.78 is 0. The van der Waals surface area contributed by atoms with E-state index in [0.29, 0.717) is 0 Å². The number of carbonyl (C=O) groups excluding carboxylic acids is 2. The molecule has 1 aromatic heterocycles. The number of carbonyl (C=O) groups is 2.